The molecule has 1 aliphatic rings. The summed E-state index contributed by atoms with van der Waals surface area (Å²) in [7, 11) is -1.20. The van der Waals surface area contributed by atoms with Crippen LogP contribution in [0.25, 0.3) is 0 Å². The van der Waals surface area contributed by atoms with E-state index >= 15 is 0 Å². The number of hydrogen-bond acceptors (Lipinski definition) is 3. The van der Waals surface area contributed by atoms with Crippen molar-refractivity contribution in [3.63, 3.8) is 0 Å². The second-order valence-electron chi connectivity index (χ2n) is 5.57. The Balaban J connectivity index is 1.94. The highest BCUT2D eigenvalue weighted by atomic mass is 32.2. The van der Waals surface area contributed by atoms with E-state index < -0.39 is 10.0 Å². The van der Waals surface area contributed by atoms with Crippen molar-refractivity contribution in [2.75, 3.05) is 25.9 Å². The maximum atomic E-state index is 12.4. The van der Waals surface area contributed by atoms with Crippen molar-refractivity contribution in [1.82, 2.24) is 9.62 Å². The topological polar surface area (TPSA) is 49.4 Å². The molecule has 20 heavy (non-hydrogen) atoms. The fourth-order valence-electron chi connectivity index (χ4n) is 2.81. The minimum atomic E-state index is -3.14. The van der Waals surface area contributed by atoms with Gasteiger partial charge in [0.1, 0.15) is 0 Å². The van der Waals surface area contributed by atoms with E-state index in [0.29, 0.717) is 31.5 Å². The molecule has 0 aliphatic carbocycles. The number of piperidine rings is 1. The van der Waals surface area contributed by atoms with Gasteiger partial charge in [-0.1, -0.05) is 37.3 Å². The molecule has 0 radical (unpaired) electrons. The van der Waals surface area contributed by atoms with Gasteiger partial charge in [-0.25, -0.2) is 12.7 Å². The highest BCUT2D eigenvalue weighted by Crippen LogP contribution is 2.20. The van der Waals surface area contributed by atoms with Gasteiger partial charge in [0.25, 0.3) is 0 Å². The fourth-order valence-corrected chi connectivity index (χ4v) is 4.41. The molecule has 2 atom stereocenters. The molecule has 1 N–H and O–H groups in total. The van der Waals surface area contributed by atoms with Crippen LogP contribution in [0.4, 0.5) is 0 Å². The monoisotopic (exact) mass is 296 g/mol. The van der Waals surface area contributed by atoms with E-state index in [1.807, 2.05) is 37.4 Å². The summed E-state index contributed by atoms with van der Waals surface area (Å²) in [5, 5.41) is 3.26. The summed E-state index contributed by atoms with van der Waals surface area (Å²) < 4.78 is 26.5. The highest BCUT2D eigenvalue weighted by molar-refractivity contribution is 7.89. The van der Waals surface area contributed by atoms with E-state index in [-0.39, 0.29) is 5.75 Å². The maximum Gasteiger partial charge on any atom is 0.214 e. The van der Waals surface area contributed by atoms with Crippen LogP contribution >= 0.6 is 0 Å². The van der Waals surface area contributed by atoms with Crippen LogP contribution in [0.3, 0.4) is 0 Å². The minimum Gasteiger partial charge on any atom is -0.317 e. The van der Waals surface area contributed by atoms with Crippen LogP contribution in [0.1, 0.15) is 18.9 Å². The number of sulfonamides is 1. The molecule has 2 unspecified atom stereocenters. The lowest BCUT2D eigenvalue weighted by Gasteiger charge is -2.36. The molecule has 1 saturated heterocycles. The molecule has 5 heteroatoms. The van der Waals surface area contributed by atoms with Gasteiger partial charge in [-0.3, -0.25) is 0 Å². The average Bonchev–Trinajstić information content (AvgIpc) is 2.46. The van der Waals surface area contributed by atoms with Crippen LogP contribution in [0.15, 0.2) is 30.3 Å². The molecule has 1 aliphatic heterocycles. The van der Waals surface area contributed by atoms with Crippen LogP contribution in [0.2, 0.25) is 0 Å². The zero-order valence-corrected chi connectivity index (χ0v) is 13.1. The average molecular weight is 296 g/mol. The Hall–Kier alpha value is -0.910. The number of benzene rings is 1. The lowest BCUT2D eigenvalue weighted by molar-refractivity contribution is 0.228. The van der Waals surface area contributed by atoms with Crippen LogP contribution in [-0.4, -0.2) is 44.7 Å². The predicted molar refractivity (Wildman–Crippen MR) is 82.1 cm³/mol. The minimum absolute atomic E-state index is 0.202. The number of nitrogens with zero attached hydrogens (tertiary/aromatic N) is 1. The van der Waals surface area contributed by atoms with E-state index in [2.05, 4.69) is 12.2 Å². The summed E-state index contributed by atoms with van der Waals surface area (Å²) in [5.41, 5.74) is 1.08. The SMILES string of the molecule is CNC1CCN(S(=O)(=O)CCc2ccccc2)CC1C. The van der Waals surface area contributed by atoms with E-state index in [1.54, 1.807) is 4.31 Å². The van der Waals surface area contributed by atoms with E-state index in [1.165, 1.54) is 0 Å². The van der Waals surface area contributed by atoms with Gasteiger partial charge in [-0.05, 0) is 31.4 Å². The van der Waals surface area contributed by atoms with Crippen LogP contribution < -0.4 is 5.32 Å². The zero-order valence-electron chi connectivity index (χ0n) is 12.2. The van der Waals surface area contributed by atoms with Gasteiger partial charge in [0, 0.05) is 19.1 Å². The summed E-state index contributed by atoms with van der Waals surface area (Å²) in [4.78, 5) is 0. The summed E-state index contributed by atoms with van der Waals surface area (Å²) in [6.45, 7) is 3.37. The quantitative estimate of drug-likeness (QED) is 0.895. The summed E-state index contributed by atoms with van der Waals surface area (Å²) in [5.74, 6) is 0.564. The molecule has 0 bridgehead atoms. The summed E-state index contributed by atoms with van der Waals surface area (Å²) in [6, 6.07) is 10.2. The Morgan fingerprint density at radius 3 is 2.60 bits per heavy atom. The van der Waals surface area contributed by atoms with Crippen molar-refractivity contribution in [2.24, 2.45) is 5.92 Å². The standard InChI is InChI=1S/C15H24N2O2S/c1-13-12-17(10-8-15(13)16-2)20(18,19)11-9-14-6-4-3-5-7-14/h3-7,13,15-16H,8-12H2,1-2H3. The molecule has 1 heterocycles. The third kappa shape index (κ3) is 3.81. The number of hydrogen-bond donors (Lipinski definition) is 1. The van der Waals surface area contributed by atoms with Gasteiger partial charge >= 0.3 is 0 Å². The molecule has 4 nitrogen and oxygen atoms in total. The third-order valence-corrected chi connectivity index (χ3v) is 5.96. The van der Waals surface area contributed by atoms with Gasteiger partial charge in [0.05, 0.1) is 5.75 Å². The second kappa shape index (κ2) is 6.70. The van der Waals surface area contributed by atoms with Crippen LogP contribution in [0, 0.1) is 5.92 Å². The van der Waals surface area contributed by atoms with Gasteiger partial charge in [0.2, 0.25) is 10.0 Å². The van der Waals surface area contributed by atoms with Gasteiger partial charge in [-0.15, -0.1) is 0 Å². The first-order chi connectivity index (χ1) is 9.53. The van der Waals surface area contributed by atoms with E-state index in [0.717, 1.165) is 12.0 Å². The molecule has 0 amide bonds. The van der Waals surface area contributed by atoms with E-state index in [9.17, 15) is 8.42 Å². The highest BCUT2D eigenvalue weighted by Gasteiger charge is 2.31. The Morgan fingerprint density at radius 1 is 1.30 bits per heavy atom. The zero-order chi connectivity index (χ0) is 14.6. The molecular formula is C15H24N2O2S. The van der Waals surface area contributed by atoms with Crippen molar-refractivity contribution >= 4 is 10.0 Å². The molecule has 112 valence electrons. The Kier molecular flexibility index (Phi) is 5.18. The molecule has 0 spiro atoms. The normalized spacial score (nSPS) is 24.7. The predicted octanol–water partition coefficient (Wildman–Crippen LogP) is 1.49. The largest absolute Gasteiger partial charge is 0.317 e. The molecule has 2 rings (SSSR count). The number of nitrogens with one attached hydrogen (secondary N) is 1. The maximum absolute atomic E-state index is 12.4. The molecule has 0 saturated carbocycles. The molecule has 1 aromatic carbocycles. The van der Waals surface area contributed by atoms with Crippen molar-refractivity contribution < 1.29 is 8.42 Å². The Labute approximate surface area is 122 Å². The first kappa shape index (κ1) is 15.5. The molecular weight excluding hydrogens is 272 g/mol. The third-order valence-electron chi connectivity index (χ3n) is 4.12. The lowest BCUT2D eigenvalue weighted by Crippen LogP contribution is -2.49. The second-order valence-corrected chi connectivity index (χ2v) is 7.66. The van der Waals surface area contributed by atoms with Crippen molar-refractivity contribution in [1.29, 1.82) is 0 Å². The summed E-state index contributed by atoms with van der Waals surface area (Å²) in [6.07, 6.45) is 1.48. The fraction of sp³-hybridized carbons (Fsp3) is 0.600. The molecule has 1 aromatic rings. The molecule has 0 aromatic heterocycles. The lowest BCUT2D eigenvalue weighted by atomic mass is 9.96. The van der Waals surface area contributed by atoms with Gasteiger partial charge in [0.15, 0.2) is 0 Å². The van der Waals surface area contributed by atoms with Crippen molar-refractivity contribution in [3.05, 3.63) is 35.9 Å². The first-order valence-corrected chi connectivity index (χ1v) is 8.83. The first-order valence-electron chi connectivity index (χ1n) is 7.22. The summed E-state index contributed by atoms with van der Waals surface area (Å²) >= 11 is 0. The Bertz CT molecular complexity index is 516. The Morgan fingerprint density at radius 2 is 2.00 bits per heavy atom. The number of aryl methyl sites for hydroxylation is 1. The smallest absolute Gasteiger partial charge is 0.214 e. The van der Waals surface area contributed by atoms with Crippen molar-refractivity contribution in [2.45, 2.75) is 25.8 Å². The van der Waals surface area contributed by atoms with Crippen LogP contribution in [-0.2, 0) is 16.4 Å². The van der Waals surface area contributed by atoms with Gasteiger partial charge in [-0.2, -0.15) is 0 Å². The number of rotatable bonds is 5. The van der Waals surface area contributed by atoms with E-state index in [4.69, 9.17) is 0 Å². The molecule has 1 fully saturated rings. The van der Waals surface area contributed by atoms with Gasteiger partial charge < -0.3 is 5.32 Å². The van der Waals surface area contributed by atoms with Crippen molar-refractivity contribution in [3.8, 4) is 0 Å². The van der Waals surface area contributed by atoms with Crippen LogP contribution in [0.5, 0.6) is 0 Å².